The van der Waals surface area contributed by atoms with E-state index in [9.17, 15) is 9.18 Å². The van der Waals surface area contributed by atoms with E-state index in [1.54, 1.807) is 17.5 Å². The fraction of sp³-hybridized carbons (Fsp3) is 0.231. The van der Waals surface area contributed by atoms with Crippen molar-refractivity contribution in [2.75, 3.05) is 5.73 Å². The molecule has 0 aliphatic carbocycles. The van der Waals surface area contributed by atoms with Crippen LogP contribution in [0.1, 0.15) is 27.2 Å². The van der Waals surface area contributed by atoms with Crippen LogP contribution in [-0.2, 0) is 13.0 Å². The molecule has 100 valence electrons. The molecule has 2 aromatic rings. The molecule has 0 spiro atoms. The third-order valence-corrected chi connectivity index (χ3v) is 3.79. The lowest BCUT2D eigenvalue weighted by Crippen LogP contribution is -2.24. The number of halogens is 1. The Labute approximate surface area is 114 Å². The topological polar surface area (TPSA) is 68.0 Å². The fourth-order valence-corrected chi connectivity index (χ4v) is 2.38. The van der Waals surface area contributed by atoms with Gasteiger partial charge in [0.05, 0.1) is 17.8 Å². The Hall–Kier alpha value is -1.95. The molecule has 0 aliphatic heterocycles. The molecule has 0 bridgehead atoms. The second-order valence-corrected chi connectivity index (χ2v) is 5.16. The zero-order valence-corrected chi connectivity index (χ0v) is 11.3. The van der Waals surface area contributed by atoms with Gasteiger partial charge in [0.1, 0.15) is 10.8 Å². The molecule has 0 saturated carbocycles. The summed E-state index contributed by atoms with van der Waals surface area (Å²) in [5.74, 6) is -0.986. The average Bonchev–Trinajstić information content (AvgIpc) is 2.87. The Bertz CT molecular complexity index is 597. The van der Waals surface area contributed by atoms with Crippen molar-refractivity contribution >= 4 is 22.9 Å². The van der Waals surface area contributed by atoms with E-state index in [-0.39, 0.29) is 11.3 Å². The summed E-state index contributed by atoms with van der Waals surface area (Å²) < 4.78 is 13.2. The van der Waals surface area contributed by atoms with Gasteiger partial charge in [-0.1, -0.05) is 13.0 Å². The molecule has 2 rings (SSSR count). The highest BCUT2D eigenvalue weighted by Gasteiger charge is 2.12. The van der Waals surface area contributed by atoms with Gasteiger partial charge < -0.3 is 11.1 Å². The Morgan fingerprint density at radius 3 is 3.00 bits per heavy atom. The molecule has 0 fully saturated rings. The number of amides is 1. The van der Waals surface area contributed by atoms with Crippen LogP contribution in [0.5, 0.6) is 0 Å². The van der Waals surface area contributed by atoms with Gasteiger partial charge in [-0.25, -0.2) is 9.37 Å². The molecule has 1 heterocycles. The van der Waals surface area contributed by atoms with Crippen LogP contribution < -0.4 is 11.1 Å². The molecule has 4 nitrogen and oxygen atoms in total. The van der Waals surface area contributed by atoms with Gasteiger partial charge in [-0.2, -0.15) is 0 Å². The van der Waals surface area contributed by atoms with E-state index in [2.05, 4.69) is 10.3 Å². The number of hydrogen-bond donors (Lipinski definition) is 2. The highest BCUT2D eigenvalue weighted by molar-refractivity contribution is 7.11. The van der Waals surface area contributed by atoms with E-state index in [0.29, 0.717) is 6.54 Å². The summed E-state index contributed by atoms with van der Waals surface area (Å²) in [6, 6.07) is 4.17. The summed E-state index contributed by atoms with van der Waals surface area (Å²) >= 11 is 1.55. The van der Waals surface area contributed by atoms with Crippen molar-refractivity contribution in [2.45, 2.75) is 19.9 Å². The number of nitrogens with one attached hydrogen (secondary N) is 1. The molecule has 19 heavy (non-hydrogen) atoms. The number of rotatable bonds is 4. The first kappa shape index (κ1) is 13.5. The maximum Gasteiger partial charge on any atom is 0.253 e. The second kappa shape index (κ2) is 5.79. The summed E-state index contributed by atoms with van der Waals surface area (Å²) in [6.45, 7) is 2.36. The van der Waals surface area contributed by atoms with Gasteiger partial charge in [0.2, 0.25) is 0 Å². The summed E-state index contributed by atoms with van der Waals surface area (Å²) in [7, 11) is 0. The maximum absolute atomic E-state index is 13.2. The maximum atomic E-state index is 13.2. The minimum Gasteiger partial charge on any atom is -0.396 e. The van der Waals surface area contributed by atoms with Crippen LogP contribution in [0, 0.1) is 5.82 Å². The normalized spacial score (nSPS) is 10.4. The highest BCUT2D eigenvalue weighted by atomic mass is 32.1. The standard InChI is InChI=1S/C13H14FN3OS/c1-2-8-6-16-11(19-8)7-17-13(18)9-4-3-5-10(14)12(9)15/h3-6H,2,7,15H2,1H3,(H,17,18). The summed E-state index contributed by atoms with van der Waals surface area (Å²) in [5.41, 5.74) is 5.54. The molecule has 1 aromatic carbocycles. The first-order valence-corrected chi connectivity index (χ1v) is 6.69. The predicted octanol–water partition coefficient (Wildman–Crippen LogP) is 2.36. The number of carbonyl (C=O) groups excluding carboxylic acids is 1. The minimum absolute atomic E-state index is 0.131. The van der Waals surface area contributed by atoms with E-state index in [4.69, 9.17) is 5.73 Å². The van der Waals surface area contributed by atoms with Gasteiger partial charge in [-0.15, -0.1) is 11.3 Å². The quantitative estimate of drug-likeness (QED) is 0.844. The van der Waals surface area contributed by atoms with Gasteiger partial charge in [0, 0.05) is 11.1 Å². The first-order valence-electron chi connectivity index (χ1n) is 5.87. The Balaban J connectivity index is 2.03. The minimum atomic E-state index is -0.588. The first-order chi connectivity index (χ1) is 9.11. The number of aryl methyl sites for hydroxylation is 1. The Morgan fingerprint density at radius 1 is 1.53 bits per heavy atom. The lowest BCUT2D eigenvalue weighted by molar-refractivity contribution is 0.0951. The Kier molecular flexibility index (Phi) is 4.11. The number of para-hydroxylation sites is 1. The third kappa shape index (κ3) is 3.08. The van der Waals surface area contributed by atoms with E-state index >= 15 is 0 Å². The third-order valence-electron chi connectivity index (χ3n) is 2.65. The van der Waals surface area contributed by atoms with Gasteiger partial charge >= 0.3 is 0 Å². The number of nitrogens with two attached hydrogens (primary N) is 1. The van der Waals surface area contributed by atoms with Gasteiger partial charge in [-0.05, 0) is 18.6 Å². The number of hydrogen-bond acceptors (Lipinski definition) is 4. The molecule has 3 N–H and O–H groups in total. The molecule has 6 heteroatoms. The zero-order chi connectivity index (χ0) is 13.8. The van der Waals surface area contributed by atoms with Crippen LogP contribution in [0.15, 0.2) is 24.4 Å². The SMILES string of the molecule is CCc1cnc(CNC(=O)c2cccc(F)c2N)s1. The molecule has 0 aliphatic rings. The number of nitrogen functional groups attached to an aromatic ring is 1. The van der Waals surface area contributed by atoms with Crippen molar-refractivity contribution in [3.05, 3.63) is 45.7 Å². The van der Waals surface area contributed by atoms with Crippen LogP contribution in [0.25, 0.3) is 0 Å². The van der Waals surface area contributed by atoms with Crippen LogP contribution in [0.4, 0.5) is 10.1 Å². The van der Waals surface area contributed by atoms with Crippen LogP contribution in [0.2, 0.25) is 0 Å². The largest absolute Gasteiger partial charge is 0.396 e. The van der Waals surface area contributed by atoms with Gasteiger partial charge in [0.25, 0.3) is 5.91 Å². The van der Waals surface area contributed by atoms with Crippen LogP contribution in [0.3, 0.4) is 0 Å². The summed E-state index contributed by atoms with van der Waals surface area (Å²) in [6.07, 6.45) is 2.71. The summed E-state index contributed by atoms with van der Waals surface area (Å²) in [4.78, 5) is 17.2. The lowest BCUT2D eigenvalue weighted by atomic mass is 10.1. The fourth-order valence-electron chi connectivity index (χ4n) is 1.58. The Morgan fingerprint density at radius 2 is 2.32 bits per heavy atom. The molecule has 0 unspecified atom stereocenters. The number of anilines is 1. The molecular formula is C13H14FN3OS. The second-order valence-electron chi connectivity index (χ2n) is 3.96. The summed E-state index contributed by atoms with van der Waals surface area (Å²) in [5, 5.41) is 3.50. The van der Waals surface area contributed by atoms with E-state index < -0.39 is 11.7 Å². The van der Waals surface area contributed by atoms with Crippen molar-refractivity contribution in [3.63, 3.8) is 0 Å². The van der Waals surface area contributed by atoms with E-state index in [1.165, 1.54) is 18.2 Å². The van der Waals surface area contributed by atoms with E-state index in [0.717, 1.165) is 16.3 Å². The van der Waals surface area contributed by atoms with Gasteiger partial charge in [0.15, 0.2) is 0 Å². The highest BCUT2D eigenvalue weighted by Crippen LogP contribution is 2.16. The van der Waals surface area contributed by atoms with Crippen molar-refractivity contribution in [2.24, 2.45) is 0 Å². The molecule has 0 saturated heterocycles. The molecule has 1 aromatic heterocycles. The molecule has 0 radical (unpaired) electrons. The smallest absolute Gasteiger partial charge is 0.253 e. The van der Waals surface area contributed by atoms with E-state index in [1.807, 2.05) is 6.92 Å². The number of aromatic nitrogens is 1. The van der Waals surface area contributed by atoms with Crippen molar-refractivity contribution in [1.29, 1.82) is 0 Å². The van der Waals surface area contributed by atoms with Crippen LogP contribution >= 0.6 is 11.3 Å². The lowest BCUT2D eigenvalue weighted by Gasteiger charge is -2.06. The molecular weight excluding hydrogens is 265 g/mol. The zero-order valence-electron chi connectivity index (χ0n) is 10.4. The number of carbonyl (C=O) groups is 1. The van der Waals surface area contributed by atoms with Gasteiger partial charge in [-0.3, -0.25) is 4.79 Å². The molecule has 0 atom stereocenters. The predicted molar refractivity (Wildman–Crippen MR) is 73.5 cm³/mol. The average molecular weight is 279 g/mol. The van der Waals surface area contributed by atoms with Crippen LogP contribution in [-0.4, -0.2) is 10.9 Å². The number of thiazole rings is 1. The molecule has 1 amide bonds. The van der Waals surface area contributed by atoms with Crippen molar-refractivity contribution < 1.29 is 9.18 Å². The number of nitrogens with zero attached hydrogens (tertiary/aromatic N) is 1. The number of benzene rings is 1. The van der Waals surface area contributed by atoms with Crippen molar-refractivity contribution in [3.8, 4) is 0 Å². The monoisotopic (exact) mass is 279 g/mol. The van der Waals surface area contributed by atoms with Crippen molar-refractivity contribution in [1.82, 2.24) is 10.3 Å².